The zero-order valence-corrected chi connectivity index (χ0v) is 22.8. The van der Waals surface area contributed by atoms with Crippen LogP contribution in [0.5, 0.6) is 11.5 Å². The summed E-state index contributed by atoms with van der Waals surface area (Å²) in [6, 6.07) is 12.3. The minimum atomic E-state index is -0.463. The zero-order chi connectivity index (χ0) is 26.6. The first-order valence-electron chi connectivity index (χ1n) is 12.0. The van der Waals surface area contributed by atoms with Crippen LogP contribution in [0.15, 0.2) is 52.1 Å². The van der Waals surface area contributed by atoms with E-state index in [1.54, 1.807) is 38.1 Å². The number of hydrogen-bond donors (Lipinski definition) is 1. The lowest BCUT2D eigenvalue weighted by Gasteiger charge is -2.26. The first-order chi connectivity index (χ1) is 17.7. The van der Waals surface area contributed by atoms with Gasteiger partial charge in [0.15, 0.2) is 16.7 Å². The summed E-state index contributed by atoms with van der Waals surface area (Å²) in [7, 11) is 3.24. The van der Waals surface area contributed by atoms with Gasteiger partial charge in [-0.2, -0.15) is 0 Å². The zero-order valence-electron chi connectivity index (χ0n) is 22.0. The van der Waals surface area contributed by atoms with Crippen molar-refractivity contribution in [1.82, 2.24) is 15.1 Å². The summed E-state index contributed by atoms with van der Waals surface area (Å²) in [6.45, 7) is 9.03. The van der Waals surface area contributed by atoms with Crippen molar-refractivity contribution >= 4 is 11.8 Å². The number of aryl methyl sites for hydroxylation is 2. The number of halogens is 1. The van der Waals surface area contributed by atoms with E-state index < -0.39 is 5.41 Å². The van der Waals surface area contributed by atoms with E-state index in [9.17, 15) is 4.39 Å². The third kappa shape index (κ3) is 5.83. The molecule has 2 aromatic carbocycles. The van der Waals surface area contributed by atoms with E-state index in [0.717, 1.165) is 44.7 Å². The monoisotopic (exact) mass is 525 g/mol. The molecule has 0 aliphatic heterocycles. The average molecular weight is 526 g/mol. The van der Waals surface area contributed by atoms with Gasteiger partial charge in [0.25, 0.3) is 0 Å². The molecule has 0 aliphatic carbocycles. The second-order valence-electron chi connectivity index (χ2n) is 9.17. The summed E-state index contributed by atoms with van der Waals surface area (Å²) in [5, 5.41) is 4.73. The number of methoxy groups -OCH3 is 2. The van der Waals surface area contributed by atoms with Crippen molar-refractivity contribution in [1.29, 1.82) is 0 Å². The van der Waals surface area contributed by atoms with Crippen molar-refractivity contribution < 1.29 is 23.1 Å². The fourth-order valence-electron chi connectivity index (χ4n) is 4.14. The van der Waals surface area contributed by atoms with Crippen LogP contribution in [0.2, 0.25) is 0 Å². The third-order valence-electron chi connectivity index (χ3n) is 6.42. The van der Waals surface area contributed by atoms with E-state index in [0.29, 0.717) is 30.5 Å². The smallest absolute Gasteiger partial charge is 0.166 e. The molecular formula is C28H32FN3O4S. The van der Waals surface area contributed by atoms with E-state index in [4.69, 9.17) is 23.7 Å². The lowest BCUT2D eigenvalue weighted by atomic mass is 9.79. The van der Waals surface area contributed by atoms with Crippen LogP contribution < -0.4 is 9.47 Å². The lowest BCUT2D eigenvalue weighted by molar-refractivity contribution is 0.135. The molecule has 0 saturated carbocycles. The highest BCUT2D eigenvalue weighted by atomic mass is 32.2. The van der Waals surface area contributed by atoms with Gasteiger partial charge in [-0.3, -0.25) is 0 Å². The summed E-state index contributed by atoms with van der Waals surface area (Å²) in [6.07, 6.45) is 0. The third-order valence-corrected chi connectivity index (χ3v) is 7.26. The molecule has 1 N–H and O–H groups in total. The summed E-state index contributed by atoms with van der Waals surface area (Å²) in [5.74, 6) is 2.52. The van der Waals surface area contributed by atoms with Gasteiger partial charge in [0.2, 0.25) is 0 Å². The van der Waals surface area contributed by atoms with Crippen LogP contribution in [0.4, 0.5) is 4.39 Å². The van der Waals surface area contributed by atoms with E-state index in [1.165, 1.54) is 12.1 Å². The number of imidazole rings is 1. The molecule has 0 bridgehead atoms. The minimum Gasteiger partial charge on any atom is -0.493 e. The molecule has 0 aliphatic rings. The van der Waals surface area contributed by atoms with Crippen LogP contribution in [0.3, 0.4) is 0 Å². The highest BCUT2D eigenvalue weighted by Crippen LogP contribution is 2.41. The van der Waals surface area contributed by atoms with Crippen LogP contribution in [-0.2, 0) is 16.8 Å². The molecule has 2 heterocycles. The number of benzene rings is 2. The quantitative estimate of drug-likeness (QED) is 0.177. The second kappa shape index (κ2) is 11.4. The van der Waals surface area contributed by atoms with E-state index in [1.807, 2.05) is 32.0 Å². The Morgan fingerprint density at radius 2 is 1.76 bits per heavy atom. The molecule has 196 valence electrons. The number of hydrogen-bond acceptors (Lipinski definition) is 7. The Morgan fingerprint density at radius 1 is 1.03 bits per heavy atom. The topological polar surface area (TPSA) is 82.4 Å². The van der Waals surface area contributed by atoms with Crippen LogP contribution in [-0.4, -0.2) is 41.7 Å². The number of rotatable bonds is 11. The summed E-state index contributed by atoms with van der Waals surface area (Å²) >= 11 is 1.57. The standard InChI is InChI=1S/C28H32FN3O4S/c1-17-22(18(2)36-32-17)16-35-13-14-37-27-30-25(19-7-10-21(29)11-8-19)26(31-27)28(3,4)20-9-12-23(33-5)24(15-20)34-6/h7-12,15H,13-14,16H2,1-6H3,(H,30,31). The van der Waals surface area contributed by atoms with Crippen LogP contribution >= 0.6 is 11.8 Å². The molecule has 0 radical (unpaired) electrons. The highest BCUT2D eigenvalue weighted by molar-refractivity contribution is 7.99. The Balaban J connectivity index is 1.57. The van der Waals surface area contributed by atoms with Gasteiger partial charge in [-0.25, -0.2) is 9.37 Å². The SMILES string of the molecule is COc1ccc(C(C)(C)c2[nH]c(SCCOCc3c(C)noc3C)nc2-c2ccc(F)cc2)cc1OC. The second-order valence-corrected chi connectivity index (χ2v) is 10.3. The predicted octanol–water partition coefficient (Wildman–Crippen LogP) is 6.47. The minimum absolute atomic E-state index is 0.287. The van der Waals surface area contributed by atoms with Gasteiger partial charge >= 0.3 is 0 Å². The number of aromatic amines is 1. The van der Waals surface area contributed by atoms with Crippen molar-refractivity contribution in [2.24, 2.45) is 0 Å². The molecule has 0 atom stereocenters. The fourth-order valence-corrected chi connectivity index (χ4v) is 4.86. The molecule has 7 nitrogen and oxygen atoms in total. The molecule has 0 saturated heterocycles. The fraction of sp³-hybridized carbons (Fsp3) is 0.357. The maximum absolute atomic E-state index is 13.7. The summed E-state index contributed by atoms with van der Waals surface area (Å²) < 4.78 is 35.7. The van der Waals surface area contributed by atoms with Crippen LogP contribution in [0.1, 0.15) is 42.1 Å². The van der Waals surface area contributed by atoms with Crippen molar-refractivity contribution in [2.45, 2.75) is 44.9 Å². The van der Waals surface area contributed by atoms with Crippen LogP contribution in [0, 0.1) is 19.7 Å². The Labute approximate surface area is 220 Å². The molecule has 37 heavy (non-hydrogen) atoms. The van der Waals surface area contributed by atoms with Crippen molar-refractivity contribution in [3.05, 3.63) is 76.6 Å². The number of ether oxygens (including phenoxy) is 3. The maximum Gasteiger partial charge on any atom is 0.166 e. The molecule has 9 heteroatoms. The Bertz CT molecular complexity index is 1330. The molecule has 4 rings (SSSR count). The Morgan fingerprint density at radius 3 is 2.41 bits per heavy atom. The number of aromatic nitrogens is 3. The van der Waals surface area contributed by atoms with Crippen molar-refractivity contribution in [2.75, 3.05) is 26.6 Å². The molecule has 4 aromatic rings. The summed E-state index contributed by atoms with van der Waals surface area (Å²) in [4.78, 5) is 8.43. The van der Waals surface area contributed by atoms with E-state index >= 15 is 0 Å². The summed E-state index contributed by atoms with van der Waals surface area (Å²) in [5.41, 5.74) is 4.93. The van der Waals surface area contributed by atoms with Crippen molar-refractivity contribution in [3.63, 3.8) is 0 Å². The van der Waals surface area contributed by atoms with Gasteiger partial charge < -0.3 is 23.7 Å². The van der Waals surface area contributed by atoms with Gasteiger partial charge in [-0.15, -0.1) is 0 Å². The first-order valence-corrected chi connectivity index (χ1v) is 12.9. The Kier molecular flexibility index (Phi) is 8.24. The number of thioether (sulfide) groups is 1. The molecule has 2 aromatic heterocycles. The van der Waals surface area contributed by atoms with Gasteiger partial charge in [-0.05, 0) is 55.8 Å². The number of H-pyrrole nitrogens is 1. The van der Waals surface area contributed by atoms with Gasteiger partial charge in [0.05, 0.1) is 44.5 Å². The molecule has 0 unspecified atom stereocenters. The van der Waals surface area contributed by atoms with E-state index in [2.05, 4.69) is 24.0 Å². The normalized spacial score (nSPS) is 11.6. The van der Waals surface area contributed by atoms with Gasteiger partial charge in [0, 0.05) is 22.3 Å². The number of nitrogens with zero attached hydrogens (tertiary/aromatic N) is 2. The Hall–Kier alpha value is -3.30. The van der Waals surface area contributed by atoms with E-state index in [-0.39, 0.29) is 5.82 Å². The number of nitrogens with one attached hydrogen (secondary N) is 1. The first kappa shape index (κ1) is 26.8. The lowest BCUT2D eigenvalue weighted by Crippen LogP contribution is -2.20. The van der Waals surface area contributed by atoms with Gasteiger partial charge in [0.1, 0.15) is 11.6 Å². The largest absolute Gasteiger partial charge is 0.493 e. The average Bonchev–Trinajstić information content (AvgIpc) is 3.47. The maximum atomic E-state index is 13.7. The molecule has 0 fully saturated rings. The molecule has 0 spiro atoms. The predicted molar refractivity (Wildman–Crippen MR) is 142 cm³/mol. The molecule has 0 amide bonds. The van der Waals surface area contributed by atoms with Crippen molar-refractivity contribution in [3.8, 4) is 22.8 Å². The van der Waals surface area contributed by atoms with Gasteiger partial charge in [-0.1, -0.05) is 36.8 Å². The molecular weight excluding hydrogens is 493 g/mol. The van der Waals surface area contributed by atoms with Crippen LogP contribution in [0.25, 0.3) is 11.3 Å². The highest BCUT2D eigenvalue weighted by Gasteiger charge is 2.31.